The molecule has 0 amide bonds. The molecule has 27 heavy (non-hydrogen) atoms. The number of fused-ring (bicyclic) bond motifs is 2. The second-order valence-corrected chi connectivity index (χ2v) is 7.20. The third kappa shape index (κ3) is 3.28. The van der Waals surface area contributed by atoms with Crippen molar-refractivity contribution < 1.29 is 18.9 Å². The van der Waals surface area contributed by atoms with Gasteiger partial charge in [-0.3, -0.25) is 0 Å². The van der Waals surface area contributed by atoms with Gasteiger partial charge in [0.2, 0.25) is 6.79 Å². The van der Waals surface area contributed by atoms with E-state index >= 15 is 0 Å². The molecule has 3 heterocycles. The number of nitrogens with one attached hydrogen (secondary N) is 2. The van der Waals surface area contributed by atoms with Crippen LogP contribution in [0.15, 0.2) is 47.5 Å². The number of para-hydroxylation sites is 2. The average Bonchev–Trinajstić information content (AvgIpc) is 3.43. The molecule has 2 aliphatic heterocycles. The third-order valence-corrected chi connectivity index (χ3v) is 5.43. The zero-order valence-corrected chi connectivity index (χ0v) is 15.3. The summed E-state index contributed by atoms with van der Waals surface area (Å²) in [6.07, 6.45) is 4.58. The first-order valence-electron chi connectivity index (χ1n) is 9.65. The van der Waals surface area contributed by atoms with Crippen LogP contribution >= 0.6 is 0 Å². The Morgan fingerprint density at radius 3 is 2.85 bits per heavy atom. The minimum absolute atomic E-state index is 0.288. The van der Waals surface area contributed by atoms with E-state index in [1.165, 1.54) is 31.4 Å². The molecule has 1 aromatic heterocycles. The van der Waals surface area contributed by atoms with Gasteiger partial charge >= 0.3 is 5.95 Å². The highest BCUT2D eigenvalue weighted by atomic mass is 16.7. The van der Waals surface area contributed by atoms with Crippen LogP contribution in [-0.2, 0) is 6.54 Å². The minimum atomic E-state index is 0.288. The summed E-state index contributed by atoms with van der Waals surface area (Å²) in [6, 6.07) is 14.3. The lowest BCUT2D eigenvalue weighted by atomic mass is 10.2. The van der Waals surface area contributed by atoms with E-state index in [1.54, 1.807) is 4.90 Å². The number of aromatic amines is 1. The summed E-state index contributed by atoms with van der Waals surface area (Å²) in [6.45, 7) is 4.97. The lowest BCUT2D eigenvalue weighted by molar-refractivity contribution is -0.905. The maximum absolute atomic E-state index is 5.46. The van der Waals surface area contributed by atoms with E-state index in [4.69, 9.17) is 14.5 Å². The summed E-state index contributed by atoms with van der Waals surface area (Å²) >= 11 is 0. The number of hydrogen-bond acceptors (Lipinski definition) is 3. The second-order valence-electron chi connectivity index (χ2n) is 7.20. The van der Waals surface area contributed by atoms with Crippen molar-refractivity contribution in [2.45, 2.75) is 19.4 Å². The Morgan fingerprint density at radius 2 is 1.93 bits per heavy atom. The predicted molar refractivity (Wildman–Crippen MR) is 103 cm³/mol. The van der Waals surface area contributed by atoms with Gasteiger partial charge in [-0.05, 0) is 30.3 Å². The van der Waals surface area contributed by atoms with E-state index in [0.29, 0.717) is 0 Å². The molecule has 6 nitrogen and oxygen atoms in total. The molecule has 0 atom stereocenters. The summed E-state index contributed by atoms with van der Waals surface area (Å²) in [7, 11) is 0. The maximum atomic E-state index is 5.46. The van der Waals surface area contributed by atoms with Gasteiger partial charge in [0, 0.05) is 18.4 Å². The number of hydrogen-bond donors (Lipinski definition) is 2. The zero-order valence-electron chi connectivity index (χ0n) is 15.3. The molecule has 1 fully saturated rings. The predicted octanol–water partition coefficient (Wildman–Crippen LogP) is 1.61. The molecule has 0 radical (unpaired) electrons. The summed E-state index contributed by atoms with van der Waals surface area (Å²) in [5.74, 6) is 2.45. The smallest absolute Gasteiger partial charge is 0.397 e. The molecule has 138 valence electrons. The third-order valence-electron chi connectivity index (χ3n) is 5.43. The number of nitrogens with zero attached hydrogens (tertiary/aromatic N) is 2. The number of aliphatic imine (C=N–C) groups is 1. The van der Waals surface area contributed by atoms with Gasteiger partial charge in [-0.2, -0.15) is 0 Å². The Hall–Kier alpha value is -2.86. The fourth-order valence-corrected chi connectivity index (χ4v) is 3.97. The molecule has 2 aliphatic rings. The van der Waals surface area contributed by atoms with Crippen molar-refractivity contribution in [1.82, 2.24) is 4.98 Å². The van der Waals surface area contributed by atoms with Gasteiger partial charge in [-0.25, -0.2) is 9.55 Å². The summed E-state index contributed by atoms with van der Waals surface area (Å²) in [4.78, 5) is 9.92. The largest absolute Gasteiger partial charge is 0.454 e. The first-order valence-corrected chi connectivity index (χ1v) is 9.65. The Bertz CT molecular complexity index is 989. The number of H-pyrrole nitrogens is 1. The first-order chi connectivity index (χ1) is 13.4. The van der Waals surface area contributed by atoms with E-state index in [-0.39, 0.29) is 6.79 Å². The first kappa shape index (κ1) is 16.3. The number of likely N-dealkylation sites (tertiary alicyclic amines) is 1. The lowest BCUT2D eigenvalue weighted by Gasteiger charge is -2.10. The number of imidazole rings is 1. The molecule has 0 aliphatic carbocycles. The Labute approximate surface area is 158 Å². The van der Waals surface area contributed by atoms with Crippen LogP contribution in [0.1, 0.15) is 18.4 Å². The van der Waals surface area contributed by atoms with Gasteiger partial charge in [0.05, 0.1) is 13.1 Å². The van der Waals surface area contributed by atoms with Crippen LogP contribution in [0.25, 0.3) is 11.0 Å². The fraction of sp³-hybridized carbons (Fsp3) is 0.333. The van der Waals surface area contributed by atoms with E-state index in [2.05, 4.69) is 33.8 Å². The van der Waals surface area contributed by atoms with Gasteiger partial charge in [0.1, 0.15) is 30.3 Å². The summed E-state index contributed by atoms with van der Waals surface area (Å²) in [5, 5.41) is 0. The highest BCUT2D eigenvalue weighted by molar-refractivity contribution is 5.83. The van der Waals surface area contributed by atoms with Crippen LogP contribution in [0.4, 0.5) is 5.95 Å². The van der Waals surface area contributed by atoms with Crippen molar-refractivity contribution in [1.29, 1.82) is 0 Å². The molecule has 0 saturated carbocycles. The molecule has 2 aromatic carbocycles. The maximum Gasteiger partial charge on any atom is 0.397 e. The van der Waals surface area contributed by atoms with Gasteiger partial charge in [0.25, 0.3) is 0 Å². The highest BCUT2D eigenvalue weighted by Crippen LogP contribution is 2.32. The van der Waals surface area contributed by atoms with E-state index in [9.17, 15) is 0 Å². The highest BCUT2D eigenvalue weighted by Gasteiger charge is 2.21. The van der Waals surface area contributed by atoms with Crippen molar-refractivity contribution in [2.24, 2.45) is 4.99 Å². The van der Waals surface area contributed by atoms with Gasteiger partial charge in [0.15, 0.2) is 11.5 Å². The average molecular weight is 364 g/mol. The van der Waals surface area contributed by atoms with Crippen LogP contribution < -0.4 is 18.9 Å². The van der Waals surface area contributed by atoms with Gasteiger partial charge in [-0.15, -0.1) is 0 Å². The van der Waals surface area contributed by atoms with Crippen molar-refractivity contribution >= 4 is 23.2 Å². The Balaban J connectivity index is 1.43. The number of ether oxygens (including phenoxy) is 2. The topological polar surface area (TPSA) is 54.9 Å². The van der Waals surface area contributed by atoms with Gasteiger partial charge < -0.3 is 14.4 Å². The van der Waals surface area contributed by atoms with Crippen molar-refractivity contribution in [3.05, 3.63) is 48.0 Å². The van der Waals surface area contributed by atoms with Crippen molar-refractivity contribution in [3.63, 3.8) is 0 Å². The van der Waals surface area contributed by atoms with Crippen LogP contribution in [0.2, 0.25) is 0 Å². The molecule has 2 N–H and O–H groups in total. The minimum Gasteiger partial charge on any atom is -0.454 e. The summed E-state index contributed by atoms with van der Waals surface area (Å²) in [5.41, 5.74) is 3.32. The number of rotatable bonds is 5. The number of benzene rings is 2. The van der Waals surface area contributed by atoms with E-state index < -0.39 is 0 Å². The molecular weight excluding hydrogens is 340 g/mol. The molecule has 1 saturated heterocycles. The Morgan fingerprint density at radius 1 is 1.07 bits per heavy atom. The van der Waals surface area contributed by atoms with E-state index in [1.807, 2.05) is 24.4 Å². The quantitative estimate of drug-likeness (QED) is 0.534. The summed E-state index contributed by atoms with van der Waals surface area (Å²) < 4.78 is 13.1. The lowest BCUT2D eigenvalue weighted by Crippen LogP contribution is -3.10. The molecule has 0 spiro atoms. The van der Waals surface area contributed by atoms with Crippen molar-refractivity contribution in [3.8, 4) is 11.5 Å². The van der Waals surface area contributed by atoms with E-state index in [0.717, 1.165) is 41.6 Å². The molecule has 6 heteroatoms. The molecular formula is C21H24N4O2+2. The van der Waals surface area contributed by atoms with Gasteiger partial charge in [-0.1, -0.05) is 17.1 Å². The van der Waals surface area contributed by atoms with Crippen LogP contribution in [0.5, 0.6) is 11.5 Å². The zero-order chi connectivity index (χ0) is 18.1. The fourth-order valence-electron chi connectivity index (χ4n) is 3.97. The number of quaternary nitrogens is 1. The SMILES string of the molecule is C(=Nc1[nH]c2ccccc2[n+]1CC[NH+]1CCCC1)c1ccc2c(c1)OCO2. The van der Waals surface area contributed by atoms with Crippen molar-refractivity contribution in [2.75, 3.05) is 26.4 Å². The molecule has 5 rings (SSSR count). The Kier molecular flexibility index (Phi) is 4.26. The number of aromatic nitrogens is 2. The van der Waals surface area contributed by atoms with Crippen LogP contribution in [-0.4, -0.2) is 37.6 Å². The molecule has 0 bridgehead atoms. The standard InChI is InChI=1S/C21H22N4O2/c1-2-6-18-17(5-1)23-21(25(18)12-11-24-9-3-4-10-24)22-14-16-7-8-19-20(13-16)27-15-26-19/h1-2,5-8,13-14H,3-4,9-12,15H2/p+2. The second kappa shape index (κ2) is 7.04. The van der Waals surface area contributed by atoms with Crippen LogP contribution in [0.3, 0.4) is 0 Å². The normalized spacial score (nSPS) is 16.7. The van der Waals surface area contributed by atoms with Crippen LogP contribution in [0, 0.1) is 0 Å². The molecule has 3 aromatic rings. The molecule has 0 unspecified atom stereocenters. The monoisotopic (exact) mass is 364 g/mol.